The Morgan fingerprint density at radius 3 is 2.28 bits per heavy atom. The second kappa shape index (κ2) is 4.01. The second-order valence-electron chi connectivity index (χ2n) is 4.67. The molecule has 0 bridgehead atoms. The summed E-state index contributed by atoms with van der Waals surface area (Å²) in [6.07, 6.45) is 0. The van der Waals surface area contributed by atoms with Crippen LogP contribution in [0.2, 0.25) is 0 Å². The Balaban J connectivity index is 2.60. The summed E-state index contributed by atoms with van der Waals surface area (Å²) in [5, 5.41) is 4.88. The standard InChI is InChI=1S/C13H16N2O3/c1-7-5-9(10(18-4)6-8(7)2)13(3)11(16)14-12(17)15-13/h5-6H,1-4H3,(H2,14,15,16,17). The number of rotatable bonds is 2. The van der Waals surface area contributed by atoms with E-state index in [-0.39, 0.29) is 5.91 Å². The summed E-state index contributed by atoms with van der Waals surface area (Å²) in [5.74, 6) is 0.229. The highest BCUT2D eigenvalue weighted by Crippen LogP contribution is 2.34. The molecule has 1 aliphatic heterocycles. The molecule has 0 radical (unpaired) electrons. The summed E-state index contributed by atoms with van der Waals surface area (Å²) < 4.78 is 5.31. The highest BCUT2D eigenvalue weighted by Gasteiger charge is 2.45. The number of nitrogens with one attached hydrogen (secondary N) is 2. The first-order valence-electron chi connectivity index (χ1n) is 5.68. The summed E-state index contributed by atoms with van der Waals surface area (Å²) in [4.78, 5) is 23.2. The van der Waals surface area contributed by atoms with E-state index >= 15 is 0 Å². The van der Waals surface area contributed by atoms with Crippen LogP contribution in [0.15, 0.2) is 12.1 Å². The SMILES string of the molecule is COc1cc(C)c(C)cc1C1(C)NC(=O)NC1=O. The van der Waals surface area contributed by atoms with Gasteiger partial charge in [-0.15, -0.1) is 0 Å². The number of carbonyl (C=O) groups excluding carboxylic acids is 2. The van der Waals surface area contributed by atoms with E-state index in [9.17, 15) is 9.59 Å². The Labute approximate surface area is 106 Å². The van der Waals surface area contributed by atoms with Gasteiger partial charge in [0.25, 0.3) is 5.91 Å². The molecule has 2 N–H and O–H groups in total. The Hall–Kier alpha value is -2.04. The molecule has 5 heteroatoms. The maximum absolute atomic E-state index is 11.9. The second-order valence-corrected chi connectivity index (χ2v) is 4.67. The maximum atomic E-state index is 11.9. The number of aryl methyl sites for hydroxylation is 2. The number of ether oxygens (including phenoxy) is 1. The highest BCUT2D eigenvalue weighted by molar-refractivity contribution is 6.07. The number of benzene rings is 1. The number of amides is 3. The maximum Gasteiger partial charge on any atom is 0.322 e. The van der Waals surface area contributed by atoms with Crippen LogP contribution in [0.25, 0.3) is 0 Å². The van der Waals surface area contributed by atoms with E-state index in [1.807, 2.05) is 26.0 Å². The molecule has 18 heavy (non-hydrogen) atoms. The van der Waals surface area contributed by atoms with Gasteiger partial charge in [0.05, 0.1) is 7.11 Å². The monoisotopic (exact) mass is 248 g/mol. The van der Waals surface area contributed by atoms with Crippen LogP contribution in [0, 0.1) is 13.8 Å². The topological polar surface area (TPSA) is 67.4 Å². The fourth-order valence-electron chi connectivity index (χ4n) is 2.08. The fraction of sp³-hybridized carbons (Fsp3) is 0.385. The number of carbonyl (C=O) groups is 2. The van der Waals surface area contributed by atoms with E-state index in [4.69, 9.17) is 4.74 Å². The van der Waals surface area contributed by atoms with Crippen molar-refractivity contribution in [1.29, 1.82) is 0 Å². The number of hydrogen-bond acceptors (Lipinski definition) is 3. The average molecular weight is 248 g/mol. The van der Waals surface area contributed by atoms with Crippen LogP contribution in [-0.4, -0.2) is 19.0 Å². The Morgan fingerprint density at radius 2 is 1.78 bits per heavy atom. The first-order chi connectivity index (χ1) is 8.38. The third-order valence-corrected chi connectivity index (χ3v) is 3.40. The lowest BCUT2D eigenvalue weighted by atomic mass is 9.89. The van der Waals surface area contributed by atoms with E-state index in [1.165, 1.54) is 0 Å². The molecule has 0 aromatic heterocycles. The first-order valence-corrected chi connectivity index (χ1v) is 5.68. The van der Waals surface area contributed by atoms with Gasteiger partial charge in [-0.2, -0.15) is 0 Å². The number of imide groups is 1. The third kappa shape index (κ3) is 1.72. The molecule has 2 rings (SSSR count). The molecule has 96 valence electrons. The molecule has 1 aromatic rings. The van der Waals surface area contributed by atoms with Gasteiger partial charge in [0.15, 0.2) is 0 Å². The van der Waals surface area contributed by atoms with Crippen molar-refractivity contribution in [3.8, 4) is 5.75 Å². The van der Waals surface area contributed by atoms with Crippen LogP contribution in [0.3, 0.4) is 0 Å². The molecule has 1 aromatic carbocycles. The van der Waals surface area contributed by atoms with Crippen molar-refractivity contribution >= 4 is 11.9 Å². The first kappa shape index (κ1) is 12.4. The molecule has 1 saturated heterocycles. The molecule has 1 atom stereocenters. The van der Waals surface area contributed by atoms with E-state index in [1.54, 1.807) is 14.0 Å². The van der Waals surface area contributed by atoms with Crippen molar-refractivity contribution in [1.82, 2.24) is 10.6 Å². The van der Waals surface area contributed by atoms with Gasteiger partial charge in [-0.05, 0) is 44.0 Å². The summed E-state index contributed by atoms with van der Waals surface area (Å²) in [6, 6.07) is 3.26. The van der Waals surface area contributed by atoms with Crippen LogP contribution in [-0.2, 0) is 10.3 Å². The van der Waals surface area contributed by atoms with E-state index in [2.05, 4.69) is 10.6 Å². The lowest BCUT2D eigenvalue weighted by Gasteiger charge is -2.24. The largest absolute Gasteiger partial charge is 0.496 e. The average Bonchev–Trinajstić information content (AvgIpc) is 2.56. The normalized spacial score (nSPS) is 22.7. The van der Waals surface area contributed by atoms with Gasteiger partial charge >= 0.3 is 6.03 Å². The Morgan fingerprint density at radius 1 is 1.17 bits per heavy atom. The van der Waals surface area contributed by atoms with Crippen molar-refractivity contribution < 1.29 is 14.3 Å². The van der Waals surface area contributed by atoms with Crippen molar-refractivity contribution in [2.45, 2.75) is 26.3 Å². The number of hydrogen-bond donors (Lipinski definition) is 2. The van der Waals surface area contributed by atoms with Crippen molar-refractivity contribution in [3.05, 3.63) is 28.8 Å². The van der Waals surface area contributed by atoms with Gasteiger partial charge in [-0.1, -0.05) is 0 Å². The van der Waals surface area contributed by atoms with Gasteiger partial charge in [0.1, 0.15) is 11.3 Å². The predicted octanol–water partition coefficient (Wildman–Crippen LogP) is 1.37. The van der Waals surface area contributed by atoms with Crippen LogP contribution in [0.4, 0.5) is 4.79 Å². The Kier molecular flexibility index (Phi) is 2.77. The minimum Gasteiger partial charge on any atom is -0.496 e. The summed E-state index contributed by atoms with van der Waals surface area (Å²) >= 11 is 0. The minimum atomic E-state index is -1.08. The van der Waals surface area contributed by atoms with Gasteiger partial charge in [-0.25, -0.2) is 4.79 Å². The van der Waals surface area contributed by atoms with Crippen LogP contribution in [0.1, 0.15) is 23.6 Å². The molecule has 0 aliphatic carbocycles. The van der Waals surface area contributed by atoms with Crippen molar-refractivity contribution in [2.75, 3.05) is 7.11 Å². The number of methoxy groups -OCH3 is 1. The molecule has 3 amide bonds. The molecular formula is C13H16N2O3. The van der Waals surface area contributed by atoms with Gasteiger partial charge in [0, 0.05) is 5.56 Å². The van der Waals surface area contributed by atoms with Crippen molar-refractivity contribution in [2.24, 2.45) is 0 Å². The summed E-state index contributed by atoms with van der Waals surface area (Å²) in [7, 11) is 1.55. The molecule has 1 heterocycles. The number of urea groups is 1. The van der Waals surface area contributed by atoms with Crippen LogP contribution >= 0.6 is 0 Å². The van der Waals surface area contributed by atoms with Gasteiger partial charge in [0.2, 0.25) is 0 Å². The van der Waals surface area contributed by atoms with Crippen LogP contribution < -0.4 is 15.4 Å². The Bertz CT molecular complexity index is 539. The quantitative estimate of drug-likeness (QED) is 0.777. The zero-order chi connectivity index (χ0) is 13.5. The van der Waals surface area contributed by atoms with Crippen molar-refractivity contribution in [3.63, 3.8) is 0 Å². The van der Waals surface area contributed by atoms with E-state index in [0.717, 1.165) is 11.1 Å². The lowest BCUT2D eigenvalue weighted by molar-refractivity contribution is -0.123. The van der Waals surface area contributed by atoms with Crippen LogP contribution in [0.5, 0.6) is 5.75 Å². The molecule has 5 nitrogen and oxygen atoms in total. The van der Waals surface area contributed by atoms with E-state index < -0.39 is 11.6 Å². The highest BCUT2D eigenvalue weighted by atomic mass is 16.5. The molecular weight excluding hydrogens is 232 g/mol. The predicted molar refractivity (Wildman–Crippen MR) is 66.5 cm³/mol. The third-order valence-electron chi connectivity index (χ3n) is 3.40. The molecule has 1 fully saturated rings. The summed E-state index contributed by atoms with van der Waals surface area (Å²) in [5.41, 5.74) is 1.70. The van der Waals surface area contributed by atoms with Gasteiger partial charge in [-0.3, -0.25) is 10.1 Å². The zero-order valence-electron chi connectivity index (χ0n) is 10.9. The fourth-order valence-corrected chi connectivity index (χ4v) is 2.08. The van der Waals surface area contributed by atoms with Gasteiger partial charge < -0.3 is 10.1 Å². The molecule has 0 spiro atoms. The lowest BCUT2D eigenvalue weighted by Crippen LogP contribution is -2.41. The zero-order valence-corrected chi connectivity index (χ0v) is 10.9. The molecule has 0 saturated carbocycles. The minimum absolute atomic E-state index is 0.367. The molecule has 1 unspecified atom stereocenters. The smallest absolute Gasteiger partial charge is 0.322 e. The molecule has 1 aliphatic rings. The summed E-state index contributed by atoms with van der Waals surface area (Å²) in [6.45, 7) is 5.59. The van der Waals surface area contributed by atoms with E-state index in [0.29, 0.717) is 11.3 Å².